The van der Waals surface area contributed by atoms with Crippen molar-refractivity contribution in [3.63, 3.8) is 0 Å². The Hall–Kier alpha value is -1.62. The number of nitrogens with two attached hydrogens (primary N) is 1. The number of nitrogen functional groups attached to an aromatic ring is 1. The smallest absolute Gasteiger partial charge is 0.138 e. The Morgan fingerprint density at radius 2 is 1.80 bits per heavy atom. The number of hydrogen-bond donors (Lipinski definition) is 2. The molecule has 5 heteroatoms. The van der Waals surface area contributed by atoms with E-state index in [1.165, 1.54) is 5.56 Å². The fraction of sp³-hybridized carbons (Fsp3) is 0.333. The fourth-order valence-electron chi connectivity index (χ4n) is 1.82. The minimum Gasteiger partial charge on any atom is -0.384 e. The van der Waals surface area contributed by atoms with Gasteiger partial charge in [-0.25, -0.2) is 9.97 Å². The highest BCUT2D eigenvalue weighted by atomic mass is 79.9. The highest BCUT2D eigenvalue weighted by Gasteiger charge is 2.18. The van der Waals surface area contributed by atoms with Crippen LogP contribution < -0.4 is 11.1 Å². The molecule has 0 aliphatic rings. The lowest BCUT2D eigenvalue weighted by Crippen LogP contribution is -2.17. The minimum atomic E-state index is -0.140. The van der Waals surface area contributed by atoms with Crippen molar-refractivity contribution < 1.29 is 0 Å². The van der Waals surface area contributed by atoms with Gasteiger partial charge in [-0.2, -0.15) is 0 Å². The van der Waals surface area contributed by atoms with E-state index < -0.39 is 0 Å². The van der Waals surface area contributed by atoms with Gasteiger partial charge in [0.25, 0.3) is 0 Å². The second-order valence-electron chi connectivity index (χ2n) is 5.89. The summed E-state index contributed by atoms with van der Waals surface area (Å²) in [6, 6.07) is 7.85. The highest BCUT2D eigenvalue weighted by molar-refractivity contribution is 9.10. The highest BCUT2D eigenvalue weighted by Crippen LogP contribution is 2.25. The molecule has 0 aliphatic heterocycles. The predicted molar refractivity (Wildman–Crippen MR) is 87.3 cm³/mol. The Labute approximate surface area is 128 Å². The molecule has 20 heavy (non-hydrogen) atoms. The van der Waals surface area contributed by atoms with Crippen LogP contribution in [0.1, 0.15) is 32.2 Å². The quantitative estimate of drug-likeness (QED) is 0.864. The minimum absolute atomic E-state index is 0.140. The summed E-state index contributed by atoms with van der Waals surface area (Å²) in [6.07, 6.45) is 0. The van der Waals surface area contributed by atoms with Crippen LogP contribution in [0.3, 0.4) is 0 Å². The van der Waals surface area contributed by atoms with Gasteiger partial charge in [0, 0.05) is 21.6 Å². The van der Waals surface area contributed by atoms with Gasteiger partial charge < -0.3 is 11.1 Å². The summed E-state index contributed by atoms with van der Waals surface area (Å²) in [5, 5.41) is 3.28. The monoisotopic (exact) mass is 334 g/mol. The molecule has 0 atom stereocenters. The van der Waals surface area contributed by atoms with E-state index in [2.05, 4.69) is 64.1 Å². The first-order chi connectivity index (χ1) is 9.24. The number of benzene rings is 1. The van der Waals surface area contributed by atoms with Crippen LogP contribution in [-0.2, 0) is 5.41 Å². The number of aryl methyl sites for hydroxylation is 1. The molecule has 2 rings (SSSR count). The number of anilines is 3. The molecule has 0 aliphatic carbocycles. The zero-order valence-corrected chi connectivity index (χ0v) is 13.7. The second-order valence-corrected chi connectivity index (χ2v) is 6.81. The van der Waals surface area contributed by atoms with Crippen LogP contribution in [0.4, 0.5) is 17.3 Å². The summed E-state index contributed by atoms with van der Waals surface area (Å²) >= 11 is 3.49. The van der Waals surface area contributed by atoms with Crippen molar-refractivity contribution in [3.8, 4) is 0 Å². The molecule has 0 spiro atoms. The van der Waals surface area contributed by atoms with E-state index in [0.717, 1.165) is 16.0 Å². The third-order valence-corrected chi connectivity index (χ3v) is 3.19. The molecule has 0 saturated carbocycles. The maximum Gasteiger partial charge on any atom is 0.138 e. The number of nitrogens with zero attached hydrogens (tertiary/aromatic N) is 2. The largest absolute Gasteiger partial charge is 0.384 e. The van der Waals surface area contributed by atoms with Gasteiger partial charge >= 0.3 is 0 Å². The van der Waals surface area contributed by atoms with Crippen molar-refractivity contribution in [3.05, 3.63) is 40.1 Å². The van der Waals surface area contributed by atoms with Gasteiger partial charge in [0.2, 0.25) is 0 Å². The molecule has 2 aromatic rings. The van der Waals surface area contributed by atoms with Crippen LogP contribution >= 0.6 is 15.9 Å². The molecule has 1 aromatic carbocycles. The lowest BCUT2D eigenvalue weighted by atomic mass is 9.96. The van der Waals surface area contributed by atoms with Gasteiger partial charge in [-0.3, -0.25) is 0 Å². The number of rotatable bonds is 2. The van der Waals surface area contributed by atoms with E-state index in [0.29, 0.717) is 11.6 Å². The molecule has 1 aromatic heterocycles. The van der Waals surface area contributed by atoms with Crippen LogP contribution in [0.15, 0.2) is 28.7 Å². The maximum absolute atomic E-state index is 5.87. The van der Waals surface area contributed by atoms with Gasteiger partial charge in [0.15, 0.2) is 0 Å². The van der Waals surface area contributed by atoms with Crippen LogP contribution in [0.2, 0.25) is 0 Å². The molecular weight excluding hydrogens is 316 g/mol. The van der Waals surface area contributed by atoms with Crippen LogP contribution in [-0.4, -0.2) is 9.97 Å². The summed E-state index contributed by atoms with van der Waals surface area (Å²) in [7, 11) is 0. The standard InChI is InChI=1S/C15H19BrN4/c1-9-5-10(16)7-11(6-9)18-13-8-12(17)19-14(20-13)15(2,3)4/h5-8H,1-4H3,(H3,17,18,19,20). The molecule has 0 bridgehead atoms. The Morgan fingerprint density at radius 3 is 2.40 bits per heavy atom. The van der Waals surface area contributed by atoms with E-state index in [1.54, 1.807) is 6.07 Å². The zero-order chi connectivity index (χ0) is 14.9. The number of nitrogens with one attached hydrogen (secondary N) is 1. The zero-order valence-electron chi connectivity index (χ0n) is 12.2. The third kappa shape index (κ3) is 3.70. The third-order valence-electron chi connectivity index (χ3n) is 2.73. The van der Waals surface area contributed by atoms with Crippen molar-refractivity contribution in [1.82, 2.24) is 9.97 Å². The Bertz CT molecular complexity index is 612. The second kappa shape index (κ2) is 5.40. The van der Waals surface area contributed by atoms with Gasteiger partial charge in [0.05, 0.1) is 0 Å². The van der Waals surface area contributed by atoms with E-state index >= 15 is 0 Å². The summed E-state index contributed by atoms with van der Waals surface area (Å²) in [5.74, 6) is 1.91. The average molecular weight is 335 g/mol. The van der Waals surface area contributed by atoms with Crippen molar-refractivity contribution in [2.45, 2.75) is 33.1 Å². The molecule has 3 N–H and O–H groups in total. The summed E-state index contributed by atoms with van der Waals surface area (Å²) in [5.41, 5.74) is 7.86. The molecule has 106 valence electrons. The van der Waals surface area contributed by atoms with Crippen LogP contribution in [0, 0.1) is 6.92 Å². The van der Waals surface area contributed by atoms with Crippen molar-refractivity contribution in [2.75, 3.05) is 11.1 Å². The lowest BCUT2D eigenvalue weighted by molar-refractivity contribution is 0.547. The number of aromatic nitrogens is 2. The molecule has 0 amide bonds. The first kappa shape index (κ1) is 14.8. The van der Waals surface area contributed by atoms with Gasteiger partial charge in [-0.05, 0) is 30.7 Å². The molecule has 0 radical (unpaired) electrons. The summed E-state index contributed by atoms with van der Waals surface area (Å²) in [4.78, 5) is 8.84. The first-order valence-electron chi connectivity index (χ1n) is 6.43. The predicted octanol–water partition coefficient (Wildman–Crippen LogP) is 4.17. The van der Waals surface area contributed by atoms with E-state index in [4.69, 9.17) is 5.73 Å². The van der Waals surface area contributed by atoms with E-state index in [1.807, 2.05) is 13.0 Å². The SMILES string of the molecule is Cc1cc(Br)cc(Nc2cc(N)nc(C(C)(C)C)n2)c1. The van der Waals surface area contributed by atoms with Crippen LogP contribution in [0.25, 0.3) is 0 Å². The first-order valence-corrected chi connectivity index (χ1v) is 7.22. The summed E-state index contributed by atoms with van der Waals surface area (Å²) < 4.78 is 1.03. The van der Waals surface area contributed by atoms with E-state index in [9.17, 15) is 0 Å². The molecular formula is C15H19BrN4. The van der Waals surface area contributed by atoms with Crippen molar-refractivity contribution in [2.24, 2.45) is 0 Å². The van der Waals surface area contributed by atoms with Gasteiger partial charge in [0.1, 0.15) is 17.5 Å². The number of halogens is 1. The Balaban J connectivity index is 2.36. The molecule has 4 nitrogen and oxygen atoms in total. The number of hydrogen-bond acceptors (Lipinski definition) is 4. The summed E-state index contributed by atoms with van der Waals surface area (Å²) in [6.45, 7) is 8.24. The van der Waals surface area contributed by atoms with Crippen molar-refractivity contribution >= 4 is 33.3 Å². The van der Waals surface area contributed by atoms with Crippen molar-refractivity contribution in [1.29, 1.82) is 0 Å². The normalized spacial score (nSPS) is 11.4. The van der Waals surface area contributed by atoms with E-state index in [-0.39, 0.29) is 5.41 Å². The van der Waals surface area contributed by atoms with Crippen LogP contribution in [0.5, 0.6) is 0 Å². The Kier molecular flexibility index (Phi) is 3.99. The topological polar surface area (TPSA) is 63.8 Å². The average Bonchev–Trinajstić information content (AvgIpc) is 2.25. The fourth-order valence-corrected chi connectivity index (χ4v) is 2.43. The molecule has 0 fully saturated rings. The maximum atomic E-state index is 5.87. The molecule has 0 saturated heterocycles. The van der Waals surface area contributed by atoms with Gasteiger partial charge in [-0.1, -0.05) is 36.7 Å². The van der Waals surface area contributed by atoms with Gasteiger partial charge in [-0.15, -0.1) is 0 Å². The lowest BCUT2D eigenvalue weighted by Gasteiger charge is -2.18. The molecule has 1 heterocycles. The molecule has 0 unspecified atom stereocenters. The Morgan fingerprint density at radius 1 is 1.10 bits per heavy atom.